The SMILES string of the molecule is CC1=C(CN2CCC(C(=O)O)CC2)COc2cc(OCc3ccc4c(c3)c(Cl)nn4C(C)C)ccc21. The molecule has 7 nitrogen and oxygen atoms in total. The van der Waals surface area contributed by atoms with E-state index in [1.807, 2.05) is 35.0 Å². The molecule has 190 valence electrons. The van der Waals surface area contributed by atoms with Gasteiger partial charge in [-0.05, 0) is 87.7 Å². The van der Waals surface area contributed by atoms with Crippen LogP contribution in [0.3, 0.4) is 0 Å². The number of carbonyl (C=O) groups is 1. The Hall–Kier alpha value is -3.03. The summed E-state index contributed by atoms with van der Waals surface area (Å²) in [6.45, 7) is 9.70. The molecule has 0 aliphatic carbocycles. The van der Waals surface area contributed by atoms with E-state index in [0.717, 1.165) is 53.2 Å². The zero-order chi connectivity index (χ0) is 25.4. The molecule has 8 heteroatoms. The smallest absolute Gasteiger partial charge is 0.306 e. The van der Waals surface area contributed by atoms with Gasteiger partial charge in [-0.1, -0.05) is 17.7 Å². The van der Waals surface area contributed by atoms with Crippen LogP contribution in [0.5, 0.6) is 11.5 Å². The molecule has 2 aliphatic heterocycles. The number of carboxylic acids is 1. The molecule has 0 atom stereocenters. The van der Waals surface area contributed by atoms with Crippen LogP contribution in [0.4, 0.5) is 0 Å². The third kappa shape index (κ3) is 4.95. The van der Waals surface area contributed by atoms with Crippen LogP contribution in [0.2, 0.25) is 5.15 Å². The maximum atomic E-state index is 11.2. The molecule has 2 aliphatic rings. The minimum Gasteiger partial charge on any atom is -0.489 e. The Morgan fingerprint density at radius 2 is 2.00 bits per heavy atom. The normalized spacial score (nSPS) is 16.9. The van der Waals surface area contributed by atoms with Gasteiger partial charge in [0.15, 0.2) is 5.15 Å². The maximum Gasteiger partial charge on any atom is 0.306 e. The molecule has 0 spiro atoms. The Kier molecular flexibility index (Phi) is 6.95. The van der Waals surface area contributed by atoms with Crippen LogP contribution in [0, 0.1) is 5.92 Å². The molecular weight excluding hydrogens is 478 g/mol. The van der Waals surface area contributed by atoms with Gasteiger partial charge >= 0.3 is 5.97 Å². The number of nitrogens with zero attached hydrogens (tertiary/aromatic N) is 3. The highest BCUT2D eigenvalue weighted by molar-refractivity contribution is 6.34. The number of carboxylic acid groups (broad SMARTS) is 1. The van der Waals surface area contributed by atoms with Gasteiger partial charge in [-0.3, -0.25) is 14.4 Å². The van der Waals surface area contributed by atoms with Gasteiger partial charge in [-0.25, -0.2) is 0 Å². The molecule has 1 N–H and O–H groups in total. The van der Waals surface area contributed by atoms with Crippen LogP contribution in [-0.2, 0) is 11.4 Å². The van der Waals surface area contributed by atoms with Crippen molar-refractivity contribution < 1.29 is 19.4 Å². The Morgan fingerprint density at radius 1 is 1.22 bits per heavy atom. The van der Waals surface area contributed by atoms with E-state index in [4.69, 9.17) is 21.1 Å². The first kappa shape index (κ1) is 24.7. The summed E-state index contributed by atoms with van der Waals surface area (Å²) < 4.78 is 14.1. The van der Waals surface area contributed by atoms with E-state index in [1.165, 1.54) is 11.1 Å². The van der Waals surface area contributed by atoms with E-state index in [2.05, 4.69) is 36.8 Å². The van der Waals surface area contributed by atoms with Gasteiger partial charge in [0.25, 0.3) is 0 Å². The number of halogens is 1. The van der Waals surface area contributed by atoms with Crippen LogP contribution in [0.25, 0.3) is 16.5 Å². The molecule has 1 aromatic heterocycles. The highest BCUT2D eigenvalue weighted by Gasteiger charge is 2.26. The second-order valence-electron chi connectivity index (χ2n) is 10.0. The topological polar surface area (TPSA) is 76.8 Å². The number of aliphatic carboxylic acids is 1. The highest BCUT2D eigenvalue weighted by Crippen LogP contribution is 2.36. The van der Waals surface area contributed by atoms with Crippen LogP contribution in [0.1, 0.15) is 50.8 Å². The quantitative estimate of drug-likeness (QED) is 0.433. The van der Waals surface area contributed by atoms with Crippen molar-refractivity contribution in [1.29, 1.82) is 0 Å². The third-order valence-electron chi connectivity index (χ3n) is 7.26. The Bertz CT molecular complexity index is 1320. The van der Waals surface area contributed by atoms with Crippen molar-refractivity contribution in [2.24, 2.45) is 5.92 Å². The van der Waals surface area contributed by atoms with Crippen LogP contribution < -0.4 is 9.47 Å². The van der Waals surface area contributed by atoms with Gasteiger partial charge in [0.1, 0.15) is 24.7 Å². The fourth-order valence-electron chi connectivity index (χ4n) is 5.06. The van der Waals surface area contributed by atoms with E-state index >= 15 is 0 Å². The summed E-state index contributed by atoms with van der Waals surface area (Å²) in [6.07, 6.45) is 1.41. The molecule has 3 heterocycles. The largest absolute Gasteiger partial charge is 0.489 e. The number of rotatable bonds is 7. The Labute approximate surface area is 216 Å². The fourth-order valence-corrected chi connectivity index (χ4v) is 5.29. The summed E-state index contributed by atoms with van der Waals surface area (Å²) in [4.78, 5) is 13.5. The fraction of sp³-hybridized carbons (Fsp3) is 0.429. The number of ether oxygens (including phenoxy) is 2. The standard InChI is InChI=1S/C28H32ClN3O4/c1-17(2)32-25-7-4-19(12-24(25)27(29)30-32)15-35-22-5-6-23-18(3)21(16-36-26(23)13-22)14-31-10-8-20(9-11-31)28(33)34/h4-7,12-13,17,20H,8-11,14-16H2,1-3H3,(H,33,34). The monoisotopic (exact) mass is 509 g/mol. The highest BCUT2D eigenvalue weighted by atomic mass is 35.5. The molecule has 2 aromatic carbocycles. The van der Waals surface area contributed by atoms with Crippen molar-refractivity contribution in [2.45, 2.75) is 46.3 Å². The van der Waals surface area contributed by atoms with Crippen molar-refractivity contribution in [1.82, 2.24) is 14.7 Å². The second kappa shape index (κ2) is 10.1. The van der Waals surface area contributed by atoms with Gasteiger partial charge in [0, 0.05) is 29.6 Å². The molecule has 0 saturated carbocycles. The van der Waals surface area contributed by atoms with Crippen LogP contribution in [0.15, 0.2) is 42.0 Å². The lowest BCUT2D eigenvalue weighted by molar-refractivity contribution is -0.143. The number of fused-ring (bicyclic) bond motifs is 2. The van der Waals surface area contributed by atoms with Crippen molar-refractivity contribution in [2.75, 3.05) is 26.2 Å². The number of benzene rings is 2. The van der Waals surface area contributed by atoms with E-state index < -0.39 is 5.97 Å². The molecular formula is C28H32ClN3O4. The van der Waals surface area contributed by atoms with Gasteiger partial charge in [0.2, 0.25) is 0 Å². The molecule has 36 heavy (non-hydrogen) atoms. The predicted molar refractivity (Wildman–Crippen MR) is 141 cm³/mol. The number of likely N-dealkylation sites (tertiary alicyclic amines) is 1. The van der Waals surface area contributed by atoms with Gasteiger partial charge in [0.05, 0.1) is 11.4 Å². The van der Waals surface area contributed by atoms with Crippen molar-refractivity contribution >= 4 is 34.0 Å². The lowest BCUT2D eigenvalue weighted by atomic mass is 9.95. The second-order valence-corrected chi connectivity index (χ2v) is 10.4. The van der Waals surface area contributed by atoms with E-state index in [0.29, 0.717) is 31.2 Å². The number of allylic oxidation sites excluding steroid dienone is 1. The summed E-state index contributed by atoms with van der Waals surface area (Å²) in [5.74, 6) is 0.694. The minimum absolute atomic E-state index is 0.213. The van der Waals surface area contributed by atoms with Crippen LogP contribution in [-0.4, -0.2) is 52.0 Å². The zero-order valence-corrected chi connectivity index (χ0v) is 21.7. The number of hydrogen-bond acceptors (Lipinski definition) is 5. The Balaban J connectivity index is 1.25. The van der Waals surface area contributed by atoms with E-state index in [-0.39, 0.29) is 12.0 Å². The molecule has 1 saturated heterocycles. The molecule has 1 fully saturated rings. The number of hydrogen-bond donors (Lipinski definition) is 1. The van der Waals surface area contributed by atoms with Crippen LogP contribution >= 0.6 is 11.6 Å². The van der Waals surface area contributed by atoms with Crippen molar-refractivity contribution in [3.8, 4) is 11.5 Å². The minimum atomic E-state index is -0.676. The number of piperidine rings is 1. The summed E-state index contributed by atoms with van der Waals surface area (Å²) in [6, 6.07) is 12.4. The maximum absolute atomic E-state index is 11.2. The van der Waals surface area contributed by atoms with Gasteiger partial charge < -0.3 is 14.6 Å². The molecule has 5 rings (SSSR count). The number of aromatic nitrogens is 2. The lowest BCUT2D eigenvalue weighted by Crippen LogP contribution is -2.38. The molecule has 0 unspecified atom stereocenters. The summed E-state index contributed by atoms with van der Waals surface area (Å²) in [5.41, 5.74) is 5.60. The summed E-state index contributed by atoms with van der Waals surface area (Å²) in [7, 11) is 0. The van der Waals surface area contributed by atoms with E-state index in [1.54, 1.807) is 0 Å². The van der Waals surface area contributed by atoms with E-state index in [9.17, 15) is 9.90 Å². The molecule has 0 bridgehead atoms. The average Bonchev–Trinajstić information content (AvgIpc) is 3.21. The average molecular weight is 510 g/mol. The first-order chi connectivity index (χ1) is 17.3. The summed E-state index contributed by atoms with van der Waals surface area (Å²) >= 11 is 6.38. The van der Waals surface area contributed by atoms with Gasteiger partial charge in [-0.15, -0.1) is 0 Å². The van der Waals surface area contributed by atoms with Crippen molar-refractivity contribution in [3.63, 3.8) is 0 Å². The molecule has 3 aromatic rings. The Morgan fingerprint density at radius 3 is 2.72 bits per heavy atom. The lowest BCUT2D eigenvalue weighted by Gasteiger charge is -2.32. The first-order valence-electron chi connectivity index (χ1n) is 12.5. The van der Waals surface area contributed by atoms with Gasteiger partial charge in [-0.2, -0.15) is 5.10 Å². The van der Waals surface area contributed by atoms with Crippen molar-refractivity contribution in [3.05, 3.63) is 58.3 Å². The first-order valence-corrected chi connectivity index (χ1v) is 12.9. The molecule has 0 amide bonds. The summed E-state index contributed by atoms with van der Waals surface area (Å²) in [5, 5.41) is 15.1. The zero-order valence-electron chi connectivity index (χ0n) is 21.0. The third-order valence-corrected chi connectivity index (χ3v) is 7.54. The predicted octanol–water partition coefficient (Wildman–Crippen LogP) is 5.81. The molecule has 0 radical (unpaired) electrons.